The van der Waals surface area contributed by atoms with Crippen molar-refractivity contribution in [1.82, 2.24) is 0 Å². The van der Waals surface area contributed by atoms with Crippen LogP contribution in [0.4, 0.5) is 5.69 Å². The van der Waals surface area contributed by atoms with E-state index in [0.29, 0.717) is 6.42 Å². The summed E-state index contributed by atoms with van der Waals surface area (Å²) in [6.45, 7) is 3.92. The first-order valence-corrected chi connectivity index (χ1v) is 6.31. The zero-order chi connectivity index (χ0) is 12.6. The second-order valence-corrected chi connectivity index (χ2v) is 5.23. The van der Waals surface area contributed by atoms with Gasteiger partial charge in [-0.2, -0.15) is 5.26 Å². The van der Waals surface area contributed by atoms with Gasteiger partial charge in [-0.15, -0.1) is 0 Å². The van der Waals surface area contributed by atoms with Gasteiger partial charge in [-0.05, 0) is 31.5 Å². The second kappa shape index (κ2) is 4.50. The third-order valence-corrected chi connectivity index (χ3v) is 4.11. The van der Waals surface area contributed by atoms with Crippen molar-refractivity contribution in [2.45, 2.75) is 26.3 Å². The fourth-order valence-electron chi connectivity index (χ4n) is 2.13. The van der Waals surface area contributed by atoms with Gasteiger partial charge < -0.3 is 4.90 Å². The van der Waals surface area contributed by atoms with Crippen LogP contribution in [0.25, 0.3) is 0 Å². The molecule has 4 heteroatoms. The molecule has 0 spiro atoms. The van der Waals surface area contributed by atoms with Gasteiger partial charge in [-0.1, -0.05) is 22.0 Å². The van der Waals surface area contributed by atoms with Crippen LogP contribution < -0.4 is 4.90 Å². The second-order valence-electron chi connectivity index (χ2n) is 4.38. The molecule has 0 bridgehead atoms. The molecule has 1 fully saturated rings. The van der Waals surface area contributed by atoms with E-state index in [0.717, 1.165) is 15.7 Å². The lowest BCUT2D eigenvalue weighted by molar-refractivity contribution is -0.117. The van der Waals surface area contributed by atoms with E-state index < -0.39 is 0 Å². The first kappa shape index (κ1) is 12.1. The molecule has 1 aliphatic rings. The molecule has 1 heterocycles. The predicted octanol–water partition coefficient (Wildman–Crippen LogP) is 3.02. The molecule has 0 aliphatic carbocycles. The first-order chi connectivity index (χ1) is 8.04. The van der Waals surface area contributed by atoms with Crippen LogP contribution in [0, 0.1) is 24.2 Å². The Bertz CT molecular complexity index is 507. The third-order valence-electron chi connectivity index (χ3n) is 3.25. The summed E-state index contributed by atoms with van der Waals surface area (Å²) in [6, 6.07) is 7.97. The molecule has 17 heavy (non-hydrogen) atoms. The van der Waals surface area contributed by atoms with Gasteiger partial charge in [0.2, 0.25) is 5.91 Å². The summed E-state index contributed by atoms with van der Waals surface area (Å²) < 4.78 is 0.982. The number of aryl methyl sites for hydroxylation is 1. The molecule has 1 aliphatic heterocycles. The molecule has 3 nitrogen and oxygen atoms in total. The zero-order valence-electron chi connectivity index (χ0n) is 9.77. The fourth-order valence-corrected chi connectivity index (χ4v) is 2.50. The van der Waals surface area contributed by atoms with E-state index in [4.69, 9.17) is 5.26 Å². The Morgan fingerprint density at radius 2 is 2.24 bits per heavy atom. The van der Waals surface area contributed by atoms with Gasteiger partial charge in [0.05, 0.1) is 18.0 Å². The van der Waals surface area contributed by atoms with E-state index in [1.807, 2.05) is 32.0 Å². The summed E-state index contributed by atoms with van der Waals surface area (Å²) in [6.07, 6.45) is 0.323. The number of nitriles is 1. The summed E-state index contributed by atoms with van der Waals surface area (Å²) in [5.41, 5.74) is 1.99. The van der Waals surface area contributed by atoms with Crippen molar-refractivity contribution >= 4 is 27.5 Å². The Morgan fingerprint density at radius 3 is 2.76 bits per heavy atom. The number of hydrogen-bond donors (Lipinski definition) is 0. The van der Waals surface area contributed by atoms with Crippen molar-refractivity contribution in [3.63, 3.8) is 0 Å². The van der Waals surface area contributed by atoms with E-state index in [-0.39, 0.29) is 17.9 Å². The highest BCUT2D eigenvalue weighted by Gasteiger charge is 2.37. The zero-order valence-corrected chi connectivity index (χ0v) is 11.4. The quantitative estimate of drug-likeness (QED) is 0.799. The molecule has 0 aromatic heterocycles. The number of anilines is 1. The summed E-state index contributed by atoms with van der Waals surface area (Å²) in [5.74, 6) is -0.178. The van der Waals surface area contributed by atoms with Crippen molar-refractivity contribution in [3.05, 3.63) is 28.2 Å². The SMILES string of the molecule is Cc1ccc(N2C(=O)CC(C#N)C2C)cc1Br. The average molecular weight is 293 g/mol. The van der Waals surface area contributed by atoms with Crippen LogP contribution in [-0.4, -0.2) is 11.9 Å². The Balaban J connectivity index is 2.37. The number of carbonyl (C=O) groups excluding carboxylic acids is 1. The molecular formula is C13H13BrN2O. The van der Waals surface area contributed by atoms with Crippen LogP contribution in [-0.2, 0) is 4.79 Å². The molecule has 88 valence electrons. The number of nitrogens with zero attached hydrogens (tertiary/aromatic N) is 2. The summed E-state index contributed by atoms with van der Waals surface area (Å²) >= 11 is 3.46. The number of rotatable bonds is 1. The Kier molecular flexibility index (Phi) is 3.21. The number of amides is 1. The number of hydrogen-bond acceptors (Lipinski definition) is 2. The molecule has 1 amide bonds. The van der Waals surface area contributed by atoms with Gasteiger partial charge in [-0.3, -0.25) is 4.79 Å². The number of benzene rings is 1. The molecule has 2 atom stereocenters. The minimum atomic E-state index is -0.206. The van der Waals surface area contributed by atoms with E-state index in [1.165, 1.54) is 0 Å². The van der Waals surface area contributed by atoms with Gasteiger partial charge in [0.1, 0.15) is 0 Å². The lowest BCUT2D eigenvalue weighted by atomic mass is 10.0. The summed E-state index contributed by atoms with van der Waals surface area (Å²) in [4.78, 5) is 13.6. The van der Waals surface area contributed by atoms with Gasteiger partial charge >= 0.3 is 0 Å². The van der Waals surface area contributed by atoms with Gasteiger partial charge in [0.15, 0.2) is 0 Å². The van der Waals surface area contributed by atoms with Crippen molar-refractivity contribution in [2.24, 2.45) is 5.92 Å². The van der Waals surface area contributed by atoms with Gasteiger partial charge in [-0.25, -0.2) is 0 Å². The van der Waals surface area contributed by atoms with Gasteiger partial charge in [0.25, 0.3) is 0 Å². The predicted molar refractivity (Wildman–Crippen MR) is 69.5 cm³/mol. The molecule has 0 saturated carbocycles. The fraction of sp³-hybridized carbons (Fsp3) is 0.385. The molecule has 1 aromatic carbocycles. The van der Waals surface area contributed by atoms with Crippen LogP contribution in [0.2, 0.25) is 0 Å². The third kappa shape index (κ3) is 2.07. The highest BCUT2D eigenvalue weighted by molar-refractivity contribution is 9.10. The Hall–Kier alpha value is -1.34. The Labute approximate surface area is 109 Å². The van der Waals surface area contributed by atoms with Gasteiger partial charge in [0, 0.05) is 16.6 Å². The smallest absolute Gasteiger partial charge is 0.228 e. The molecular weight excluding hydrogens is 280 g/mol. The highest BCUT2D eigenvalue weighted by atomic mass is 79.9. The molecule has 0 N–H and O–H groups in total. The van der Waals surface area contributed by atoms with E-state index in [2.05, 4.69) is 22.0 Å². The van der Waals surface area contributed by atoms with Crippen LogP contribution in [0.1, 0.15) is 18.9 Å². The first-order valence-electron chi connectivity index (χ1n) is 5.52. The lowest BCUT2D eigenvalue weighted by Crippen LogP contribution is -2.32. The van der Waals surface area contributed by atoms with Crippen molar-refractivity contribution in [3.8, 4) is 6.07 Å². The number of halogens is 1. The van der Waals surface area contributed by atoms with Crippen LogP contribution in [0.3, 0.4) is 0 Å². The average Bonchev–Trinajstić information content (AvgIpc) is 2.58. The Morgan fingerprint density at radius 1 is 1.53 bits per heavy atom. The minimum Gasteiger partial charge on any atom is -0.308 e. The topological polar surface area (TPSA) is 44.1 Å². The number of carbonyl (C=O) groups is 1. The lowest BCUT2D eigenvalue weighted by Gasteiger charge is -2.23. The standard InChI is InChI=1S/C13H13BrN2O/c1-8-3-4-11(6-12(8)14)16-9(2)10(7-15)5-13(16)17/h3-4,6,9-10H,5H2,1-2H3. The molecule has 2 rings (SSSR count). The van der Waals surface area contributed by atoms with Crippen molar-refractivity contribution in [2.75, 3.05) is 4.90 Å². The maximum atomic E-state index is 11.9. The molecule has 1 saturated heterocycles. The molecule has 1 aromatic rings. The van der Waals surface area contributed by atoms with Crippen molar-refractivity contribution in [1.29, 1.82) is 5.26 Å². The normalized spacial score (nSPS) is 23.9. The summed E-state index contributed by atoms with van der Waals surface area (Å²) in [5, 5.41) is 8.98. The van der Waals surface area contributed by atoms with E-state index >= 15 is 0 Å². The monoisotopic (exact) mass is 292 g/mol. The van der Waals surface area contributed by atoms with Crippen LogP contribution in [0.15, 0.2) is 22.7 Å². The van der Waals surface area contributed by atoms with Crippen LogP contribution in [0.5, 0.6) is 0 Å². The largest absolute Gasteiger partial charge is 0.308 e. The van der Waals surface area contributed by atoms with E-state index in [1.54, 1.807) is 4.90 Å². The highest BCUT2D eigenvalue weighted by Crippen LogP contribution is 2.32. The molecule has 0 radical (unpaired) electrons. The van der Waals surface area contributed by atoms with E-state index in [9.17, 15) is 4.79 Å². The van der Waals surface area contributed by atoms with Crippen molar-refractivity contribution < 1.29 is 4.79 Å². The maximum absolute atomic E-state index is 11.9. The minimum absolute atomic E-state index is 0.0276. The summed E-state index contributed by atoms with van der Waals surface area (Å²) in [7, 11) is 0. The maximum Gasteiger partial charge on any atom is 0.228 e. The molecule has 2 unspecified atom stereocenters. The van der Waals surface area contributed by atoms with Crippen LogP contribution >= 0.6 is 15.9 Å².